The molecule has 0 radical (unpaired) electrons. The van der Waals surface area contributed by atoms with Crippen LogP contribution in [0.1, 0.15) is 32.6 Å². The molecular weight excluding hydrogens is 188 g/mol. The molecule has 1 N–H and O–H groups in total. The summed E-state index contributed by atoms with van der Waals surface area (Å²) in [4.78, 5) is 2.60. The first-order valence-corrected chi connectivity index (χ1v) is 6.45. The van der Waals surface area contributed by atoms with E-state index < -0.39 is 0 Å². The Morgan fingerprint density at radius 1 is 1.27 bits per heavy atom. The predicted molar refractivity (Wildman–Crippen MR) is 62.1 cm³/mol. The molecule has 1 unspecified atom stereocenters. The zero-order chi connectivity index (χ0) is 10.5. The summed E-state index contributed by atoms with van der Waals surface area (Å²) in [6.45, 7) is 7.85. The number of hydrogen-bond donors (Lipinski definition) is 1. The summed E-state index contributed by atoms with van der Waals surface area (Å²) in [6.07, 6.45) is 5.15. The van der Waals surface area contributed by atoms with Gasteiger partial charge in [-0.25, -0.2) is 0 Å². The van der Waals surface area contributed by atoms with Gasteiger partial charge in [-0.15, -0.1) is 0 Å². The van der Waals surface area contributed by atoms with Crippen LogP contribution in [0, 0.1) is 0 Å². The number of hydrogen-bond acceptors (Lipinski definition) is 3. The van der Waals surface area contributed by atoms with E-state index in [2.05, 4.69) is 17.1 Å². The molecule has 2 fully saturated rings. The van der Waals surface area contributed by atoms with Crippen LogP contribution in [-0.4, -0.2) is 49.8 Å². The third-order valence-electron chi connectivity index (χ3n) is 3.77. The highest BCUT2D eigenvalue weighted by atomic mass is 16.5. The molecule has 2 rings (SSSR count). The monoisotopic (exact) mass is 212 g/mol. The second-order valence-corrected chi connectivity index (χ2v) is 4.72. The minimum atomic E-state index is 0.707. The van der Waals surface area contributed by atoms with Gasteiger partial charge in [0.2, 0.25) is 0 Å². The van der Waals surface area contributed by atoms with Crippen molar-refractivity contribution in [1.82, 2.24) is 10.2 Å². The van der Waals surface area contributed by atoms with E-state index in [1.165, 1.54) is 45.3 Å². The van der Waals surface area contributed by atoms with E-state index >= 15 is 0 Å². The lowest BCUT2D eigenvalue weighted by Crippen LogP contribution is -2.43. The molecule has 0 aromatic rings. The molecule has 2 aliphatic heterocycles. The molecule has 2 aliphatic rings. The van der Waals surface area contributed by atoms with Crippen LogP contribution in [-0.2, 0) is 4.74 Å². The zero-order valence-corrected chi connectivity index (χ0v) is 9.87. The Morgan fingerprint density at radius 2 is 2.07 bits per heavy atom. The van der Waals surface area contributed by atoms with E-state index in [0.717, 1.165) is 19.3 Å². The highest BCUT2D eigenvalue weighted by molar-refractivity contribution is 4.82. The fourth-order valence-corrected chi connectivity index (χ4v) is 2.75. The molecule has 88 valence electrons. The molecule has 2 heterocycles. The van der Waals surface area contributed by atoms with Crippen molar-refractivity contribution in [1.29, 1.82) is 0 Å². The van der Waals surface area contributed by atoms with Crippen LogP contribution in [0.3, 0.4) is 0 Å². The van der Waals surface area contributed by atoms with E-state index in [1.807, 2.05) is 0 Å². The number of nitrogens with zero attached hydrogens (tertiary/aromatic N) is 1. The van der Waals surface area contributed by atoms with Gasteiger partial charge >= 0.3 is 0 Å². The molecule has 15 heavy (non-hydrogen) atoms. The van der Waals surface area contributed by atoms with Crippen LogP contribution in [0.15, 0.2) is 0 Å². The smallest absolute Gasteiger partial charge is 0.0480 e. The van der Waals surface area contributed by atoms with Gasteiger partial charge in [-0.3, -0.25) is 4.90 Å². The van der Waals surface area contributed by atoms with Crippen molar-refractivity contribution in [3.63, 3.8) is 0 Å². The van der Waals surface area contributed by atoms with Gasteiger partial charge in [0.15, 0.2) is 0 Å². The minimum absolute atomic E-state index is 0.707. The Kier molecular flexibility index (Phi) is 4.42. The molecule has 0 aromatic carbocycles. The molecular formula is C12H24N2O. The lowest BCUT2D eigenvalue weighted by atomic mass is 10.1. The van der Waals surface area contributed by atoms with Crippen LogP contribution in [0.4, 0.5) is 0 Å². The molecule has 2 saturated heterocycles. The first-order chi connectivity index (χ1) is 7.40. The maximum absolute atomic E-state index is 5.36. The number of ether oxygens (including phenoxy) is 1. The molecule has 3 nitrogen and oxygen atoms in total. The fourth-order valence-electron chi connectivity index (χ4n) is 2.75. The second kappa shape index (κ2) is 5.83. The number of nitrogens with one attached hydrogen (secondary N) is 1. The van der Waals surface area contributed by atoms with E-state index in [9.17, 15) is 0 Å². The largest absolute Gasteiger partial charge is 0.381 e. The molecule has 0 saturated carbocycles. The van der Waals surface area contributed by atoms with Crippen molar-refractivity contribution in [2.45, 2.75) is 44.7 Å². The Morgan fingerprint density at radius 3 is 2.80 bits per heavy atom. The van der Waals surface area contributed by atoms with Crippen molar-refractivity contribution in [2.75, 3.05) is 32.8 Å². The molecule has 0 aromatic heterocycles. The summed E-state index contributed by atoms with van der Waals surface area (Å²) < 4.78 is 5.36. The van der Waals surface area contributed by atoms with Crippen LogP contribution < -0.4 is 5.32 Å². The fraction of sp³-hybridized carbons (Fsp3) is 1.00. The third kappa shape index (κ3) is 3.16. The Labute approximate surface area is 93.2 Å². The molecule has 3 heteroatoms. The van der Waals surface area contributed by atoms with Gasteiger partial charge in [0.25, 0.3) is 0 Å². The number of likely N-dealkylation sites (N-methyl/N-ethyl adjacent to an activating group) is 1. The average Bonchev–Trinajstić information content (AvgIpc) is 2.75. The number of rotatable bonds is 4. The van der Waals surface area contributed by atoms with Crippen molar-refractivity contribution >= 4 is 0 Å². The highest BCUT2D eigenvalue weighted by Crippen LogP contribution is 2.16. The Bertz CT molecular complexity index is 180. The van der Waals surface area contributed by atoms with Gasteiger partial charge in [-0.2, -0.15) is 0 Å². The van der Waals surface area contributed by atoms with Crippen molar-refractivity contribution in [3.05, 3.63) is 0 Å². The second-order valence-electron chi connectivity index (χ2n) is 4.72. The predicted octanol–water partition coefficient (Wildman–Crippen LogP) is 1.24. The topological polar surface area (TPSA) is 24.5 Å². The summed E-state index contributed by atoms with van der Waals surface area (Å²) in [6, 6.07) is 1.50. The van der Waals surface area contributed by atoms with Crippen molar-refractivity contribution in [2.24, 2.45) is 0 Å². The van der Waals surface area contributed by atoms with Crippen LogP contribution in [0.2, 0.25) is 0 Å². The van der Waals surface area contributed by atoms with Gasteiger partial charge in [-0.1, -0.05) is 6.92 Å². The lowest BCUT2D eigenvalue weighted by Gasteiger charge is -2.28. The van der Waals surface area contributed by atoms with E-state index in [0.29, 0.717) is 6.04 Å². The normalized spacial score (nSPS) is 29.8. The first-order valence-electron chi connectivity index (χ1n) is 6.45. The summed E-state index contributed by atoms with van der Waals surface area (Å²) in [5, 5.41) is 3.71. The van der Waals surface area contributed by atoms with Gasteiger partial charge in [0.1, 0.15) is 0 Å². The molecule has 0 spiro atoms. The van der Waals surface area contributed by atoms with Crippen molar-refractivity contribution in [3.8, 4) is 0 Å². The molecule has 0 bridgehead atoms. The molecule has 0 amide bonds. The summed E-state index contributed by atoms with van der Waals surface area (Å²) in [5.41, 5.74) is 0. The number of likely N-dealkylation sites (tertiary alicyclic amines) is 1. The van der Waals surface area contributed by atoms with Gasteiger partial charge in [0, 0.05) is 31.8 Å². The van der Waals surface area contributed by atoms with Gasteiger partial charge < -0.3 is 10.1 Å². The molecule has 0 aliphatic carbocycles. The Hall–Kier alpha value is -0.120. The maximum Gasteiger partial charge on any atom is 0.0480 e. The quantitative estimate of drug-likeness (QED) is 0.759. The summed E-state index contributed by atoms with van der Waals surface area (Å²) in [7, 11) is 0. The first kappa shape index (κ1) is 11.4. The van der Waals surface area contributed by atoms with Crippen LogP contribution in [0.5, 0.6) is 0 Å². The van der Waals surface area contributed by atoms with Crippen LogP contribution >= 0.6 is 0 Å². The summed E-state index contributed by atoms with van der Waals surface area (Å²) in [5.74, 6) is 0. The van der Waals surface area contributed by atoms with E-state index in [1.54, 1.807) is 0 Å². The lowest BCUT2D eigenvalue weighted by molar-refractivity contribution is 0.0760. The minimum Gasteiger partial charge on any atom is -0.381 e. The standard InChI is InChI=1S/C12H24N2O/c1-2-14-7-3-4-12(14)10-13-11-5-8-15-9-6-11/h11-13H,2-10H2,1H3. The highest BCUT2D eigenvalue weighted by Gasteiger charge is 2.23. The van der Waals surface area contributed by atoms with Gasteiger partial charge in [0.05, 0.1) is 0 Å². The van der Waals surface area contributed by atoms with Gasteiger partial charge in [-0.05, 0) is 38.8 Å². The zero-order valence-electron chi connectivity index (χ0n) is 9.87. The maximum atomic E-state index is 5.36. The van der Waals surface area contributed by atoms with Crippen LogP contribution in [0.25, 0.3) is 0 Å². The van der Waals surface area contributed by atoms with Crippen molar-refractivity contribution < 1.29 is 4.74 Å². The summed E-state index contributed by atoms with van der Waals surface area (Å²) >= 11 is 0. The van der Waals surface area contributed by atoms with E-state index in [4.69, 9.17) is 4.74 Å². The SMILES string of the molecule is CCN1CCCC1CNC1CCOCC1. The molecule has 1 atom stereocenters. The average molecular weight is 212 g/mol. The third-order valence-corrected chi connectivity index (χ3v) is 3.77. The van der Waals surface area contributed by atoms with E-state index in [-0.39, 0.29) is 0 Å². The Balaban J connectivity index is 1.67.